The molecular formula is C12H13F5NO4PS. The van der Waals surface area contributed by atoms with Gasteiger partial charge in [-0.2, -0.15) is 8.78 Å². The molecular weight excluding hydrogens is 380 g/mol. The number of ether oxygens (including phenoxy) is 1. The Hall–Kier alpha value is -1.32. The van der Waals surface area contributed by atoms with Gasteiger partial charge in [0.1, 0.15) is 6.04 Å². The fraction of sp³-hybridized carbons (Fsp3) is 0.417. The van der Waals surface area contributed by atoms with E-state index in [1.54, 1.807) is 0 Å². The van der Waals surface area contributed by atoms with Crippen LogP contribution in [0, 0.1) is 29.1 Å². The van der Waals surface area contributed by atoms with E-state index in [9.17, 15) is 31.3 Å². The first-order chi connectivity index (χ1) is 10.9. The Balaban J connectivity index is 3.04. The highest BCUT2D eigenvalue weighted by atomic mass is 32.7. The summed E-state index contributed by atoms with van der Waals surface area (Å²) in [5.74, 6) is -14.2. The molecule has 0 aliphatic heterocycles. The molecule has 1 unspecified atom stereocenters. The highest BCUT2D eigenvalue weighted by molar-refractivity contribution is 8.45. The van der Waals surface area contributed by atoms with Crippen molar-refractivity contribution in [3.05, 3.63) is 29.1 Å². The molecule has 0 fully saturated rings. The number of halogens is 5. The van der Waals surface area contributed by atoms with Gasteiger partial charge in [0.25, 0.3) is 0 Å². The number of hydrogen-bond donors (Lipinski definition) is 2. The standard InChI is InChI=1S/C12H13F5NO4PS/c1-4(2)21-12(19)5(3)18-23(20,24)22-11-9(16)7(14)6(13)8(15)10(11)17/h4-5H,1-3H3,(H2,18,20,24)/t5-,23?/m0/s1. The summed E-state index contributed by atoms with van der Waals surface area (Å²) in [7, 11) is 0. The lowest BCUT2D eigenvalue weighted by molar-refractivity contribution is -0.148. The van der Waals surface area contributed by atoms with Crippen molar-refractivity contribution in [1.29, 1.82) is 0 Å². The molecule has 12 heteroatoms. The van der Waals surface area contributed by atoms with E-state index in [0.29, 0.717) is 0 Å². The van der Waals surface area contributed by atoms with Crippen LogP contribution in [0.5, 0.6) is 5.75 Å². The molecule has 0 aliphatic carbocycles. The number of carbonyl (C=O) groups is 1. The van der Waals surface area contributed by atoms with Crippen LogP contribution >= 0.6 is 19.0 Å². The molecule has 1 aromatic rings. The molecule has 0 saturated heterocycles. The quantitative estimate of drug-likeness (QED) is 0.193. The lowest BCUT2D eigenvalue weighted by Gasteiger charge is -2.20. The summed E-state index contributed by atoms with van der Waals surface area (Å²) in [4.78, 5) is 11.6. The minimum atomic E-state index is -4.47. The second-order valence-corrected chi connectivity index (χ2v) is 7.91. The Kier molecular flexibility index (Phi) is 6.66. The minimum Gasteiger partial charge on any atom is -0.462 e. The van der Waals surface area contributed by atoms with Gasteiger partial charge in [-0.3, -0.25) is 4.79 Å². The Bertz CT molecular complexity index is 674. The number of carbonyl (C=O) groups excluding carboxylic acids is 1. The Morgan fingerprint density at radius 3 is 1.83 bits per heavy atom. The number of thiol groups is 1. The Morgan fingerprint density at radius 2 is 1.42 bits per heavy atom. The van der Waals surface area contributed by atoms with Crippen molar-refractivity contribution in [2.45, 2.75) is 32.9 Å². The number of benzene rings is 1. The van der Waals surface area contributed by atoms with Gasteiger partial charge in [0.05, 0.1) is 6.10 Å². The second-order valence-electron chi connectivity index (χ2n) is 4.85. The zero-order valence-corrected chi connectivity index (χ0v) is 14.4. The normalized spacial score (nSPS) is 15.1. The Labute approximate surface area is 139 Å². The summed E-state index contributed by atoms with van der Waals surface area (Å²) < 4.78 is 87.1. The third-order valence-electron chi connectivity index (χ3n) is 2.45. The van der Waals surface area contributed by atoms with Gasteiger partial charge in [-0.25, -0.2) is 22.8 Å². The molecule has 0 saturated carbocycles. The molecule has 2 atom stereocenters. The first-order valence-corrected chi connectivity index (χ1v) is 9.17. The molecule has 1 N–H and O–H groups in total. The van der Waals surface area contributed by atoms with Crippen molar-refractivity contribution in [3.63, 3.8) is 0 Å². The summed E-state index contributed by atoms with van der Waals surface area (Å²) >= 11 is 3.45. The number of rotatable bonds is 6. The van der Waals surface area contributed by atoms with Crippen molar-refractivity contribution in [3.8, 4) is 5.75 Å². The lowest BCUT2D eigenvalue weighted by atomic mass is 10.3. The summed E-state index contributed by atoms with van der Waals surface area (Å²) in [6.45, 7) is -0.217. The molecule has 0 spiro atoms. The predicted molar refractivity (Wildman–Crippen MR) is 77.3 cm³/mol. The fourth-order valence-electron chi connectivity index (χ4n) is 1.45. The van der Waals surface area contributed by atoms with Crippen LogP contribution in [0.1, 0.15) is 20.8 Å². The maximum absolute atomic E-state index is 13.5. The van der Waals surface area contributed by atoms with Crippen LogP contribution < -0.4 is 9.61 Å². The van der Waals surface area contributed by atoms with Crippen molar-refractivity contribution < 1.29 is 40.6 Å². The van der Waals surface area contributed by atoms with Crippen LogP contribution in [0.15, 0.2) is 0 Å². The zero-order valence-electron chi connectivity index (χ0n) is 12.6. The highest BCUT2D eigenvalue weighted by Crippen LogP contribution is 2.50. The van der Waals surface area contributed by atoms with E-state index in [1.807, 2.05) is 5.09 Å². The average Bonchev–Trinajstić information content (AvgIpc) is 2.46. The molecule has 5 nitrogen and oxygen atoms in total. The number of hydrogen-bond acceptors (Lipinski definition) is 4. The molecule has 24 heavy (non-hydrogen) atoms. The van der Waals surface area contributed by atoms with E-state index < -0.39 is 59.7 Å². The van der Waals surface area contributed by atoms with Gasteiger partial charge in [0, 0.05) is 0 Å². The molecule has 0 bridgehead atoms. The van der Waals surface area contributed by atoms with E-state index >= 15 is 0 Å². The van der Waals surface area contributed by atoms with E-state index in [0.717, 1.165) is 0 Å². The lowest BCUT2D eigenvalue weighted by Crippen LogP contribution is -2.34. The largest absolute Gasteiger partial charge is 0.462 e. The van der Waals surface area contributed by atoms with Gasteiger partial charge in [-0.15, -0.1) is 0 Å². The number of esters is 1. The van der Waals surface area contributed by atoms with Crippen molar-refractivity contribution in [2.24, 2.45) is 0 Å². The minimum absolute atomic E-state index is 0.503. The molecule has 0 heterocycles. The SMILES string of the molecule is CC(C)OC(=O)[C@H](C)NP(=O)(S)Oc1c(F)c(F)c(F)c(F)c1F. The van der Waals surface area contributed by atoms with Gasteiger partial charge in [0.15, 0.2) is 0 Å². The van der Waals surface area contributed by atoms with Crippen LogP contribution in [-0.2, 0) is 14.1 Å². The summed E-state index contributed by atoms with van der Waals surface area (Å²) in [6, 6.07) is -1.29. The summed E-state index contributed by atoms with van der Waals surface area (Å²) in [5, 5.41) is 1.97. The zero-order chi connectivity index (χ0) is 18.8. The van der Waals surface area contributed by atoms with E-state index in [1.165, 1.54) is 20.8 Å². The van der Waals surface area contributed by atoms with Crippen LogP contribution in [-0.4, -0.2) is 18.1 Å². The first-order valence-electron chi connectivity index (χ1n) is 6.39. The average molecular weight is 393 g/mol. The third kappa shape index (κ3) is 4.84. The molecule has 0 aromatic heterocycles. The molecule has 0 aliphatic rings. The van der Waals surface area contributed by atoms with Crippen LogP contribution in [0.3, 0.4) is 0 Å². The van der Waals surface area contributed by atoms with Gasteiger partial charge in [0.2, 0.25) is 34.8 Å². The monoisotopic (exact) mass is 393 g/mol. The molecule has 1 aromatic carbocycles. The van der Waals surface area contributed by atoms with Crippen LogP contribution in [0.25, 0.3) is 0 Å². The topological polar surface area (TPSA) is 64.6 Å². The molecule has 136 valence electrons. The first kappa shape index (κ1) is 20.7. The fourth-order valence-corrected chi connectivity index (χ4v) is 3.27. The smallest absolute Gasteiger partial charge is 0.372 e. The van der Waals surface area contributed by atoms with Gasteiger partial charge < -0.3 is 9.26 Å². The Morgan fingerprint density at radius 1 is 1.00 bits per heavy atom. The molecule has 1 rings (SSSR count). The van der Waals surface area contributed by atoms with Gasteiger partial charge >= 0.3 is 12.7 Å². The highest BCUT2D eigenvalue weighted by Gasteiger charge is 2.33. The maximum Gasteiger partial charge on any atom is 0.372 e. The van der Waals surface area contributed by atoms with Crippen molar-refractivity contribution in [1.82, 2.24) is 5.09 Å². The summed E-state index contributed by atoms with van der Waals surface area (Å²) in [6.07, 6.45) is -0.503. The van der Waals surface area contributed by atoms with Gasteiger partial charge in [-0.1, -0.05) is 12.2 Å². The van der Waals surface area contributed by atoms with E-state index in [-0.39, 0.29) is 0 Å². The van der Waals surface area contributed by atoms with Crippen LogP contribution in [0.4, 0.5) is 22.0 Å². The second kappa shape index (κ2) is 7.71. The third-order valence-corrected chi connectivity index (χ3v) is 4.18. The van der Waals surface area contributed by atoms with E-state index in [4.69, 9.17) is 4.74 Å². The van der Waals surface area contributed by atoms with E-state index in [2.05, 4.69) is 16.8 Å². The molecule has 0 amide bonds. The molecule has 0 radical (unpaired) electrons. The maximum atomic E-state index is 13.5. The van der Waals surface area contributed by atoms with Gasteiger partial charge in [-0.05, 0) is 20.8 Å². The van der Waals surface area contributed by atoms with Crippen molar-refractivity contribution in [2.75, 3.05) is 0 Å². The number of nitrogens with one attached hydrogen (secondary N) is 1. The summed E-state index contributed by atoms with van der Waals surface area (Å²) in [5.41, 5.74) is 0. The van der Waals surface area contributed by atoms with Crippen LogP contribution in [0.2, 0.25) is 0 Å². The predicted octanol–water partition coefficient (Wildman–Crippen LogP) is 3.73. The van der Waals surface area contributed by atoms with Crippen molar-refractivity contribution >= 4 is 24.9 Å².